The van der Waals surface area contributed by atoms with Crippen molar-refractivity contribution in [3.8, 4) is 6.07 Å². The lowest BCUT2D eigenvalue weighted by atomic mass is 10.1. The highest BCUT2D eigenvalue weighted by Gasteiger charge is 2.09. The summed E-state index contributed by atoms with van der Waals surface area (Å²) in [5.74, 6) is 0. The lowest BCUT2D eigenvalue weighted by Crippen LogP contribution is -1.79. The van der Waals surface area contributed by atoms with Gasteiger partial charge >= 0.3 is 0 Å². The molecule has 0 spiro atoms. The van der Waals surface area contributed by atoms with E-state index in [2.05, 4.69) is 38.1 Å². The first-order chi connectivity index (χ1) is 6.76. The lowest BCUT2D eigenvalue weighted by molar-refractivity contribution is 1.18. The number of hydrogen-bond acceptors (Lipinski definition) is 2. The molecule has 70 valence electrons. The van der Waals surface area contributed by atoms with Crippen LogP contribution in [0.4, 0.5) is 0 Å². The van der Waals surface area contributed by atoms with E-state index in [4.69, 9.17) is 5.26 Å². The molecule has 0 atom stereocenters. The Kier molecular flexibility index (Phi) is 2.26. The van der Waals surface area contributed by atoms with Crippen molar-refractivity contribution in [1.82, 2.24) is 0 Å². The van der Waals surface area contributed by atoms with Gasteiger partial charge < -0.3 is 0 Å². The fourth-order valence-corrected chi connectivity index (χ4v) is 2.71. The Morgan fingerprint density at radius 1 is 1.43 bits per heavy atom. The number of thiophene rings is 1. The molecule has 0 N–H and O–H groups in total. The molecule has 1 nitrogen and oxygen atoms in total. The minimum Gasteiger partial charge on any atom is -0.192 e. The molecule has 2 aromatic rings. The zero-order valence-corrected chi connectivity index (χ0v) is 9.11. The summed E-state index contributed by atoms with van der Waals surface area (Å²) in [6.45, 7) is 4.16. The van der Waals surface area contributed by atoms with Gasteiger partial charge in [-0.05, 0) is 25.5 Å². The van der Waals surface area contributed by atoms with E-state index in [9.17, 15) is 0 Å². The summed E-state index contributed by atoms with van der Waals surface area (Å²) in [5.41, 5.74) is 2.09. The molecule has 1 aromatic carbocycles. The molecule has 0 unspecified atom stereocenters. The van der Waals surface area contributed by atoms with E-state index in [0.29, 0.717) is 0 Å². The molecule has 14 heavy (non-hydrogen) atoms. The van der Waals surface area contributed by atoms with E-state index in [-0.39, 0.29) is 0 Å². The van der Waals surface area contributed by atoms with Crippen LogP contribution in [-0.4, -0.2) is 0 Å². The summed E-state index contributed by atoms with van der Waals surface area (Å²) in [6.07, 6.45) is 0.946. The van der Waals surface area contributed by atoms with Crippen LogP contribution in [0, 0.1) is 18.3 Å². The number of fused-ring (bicyclic) bond motifs is 1. The van der Waals surface area contributed by atoms with Crippen LogP contribution in [0.1, 0.15) is 22.9 Å². The minimum absolute atomic E-state index is 0.871. The van der Waals surface area contributed by atoms with Crippen molar-refractivity contribution in [2.45, 2.75) is 20.3 Å². The molecule has 0 saturated heterocycles. The number of nitrogens with zero attached hydrogens (tertiary/aromatic N) is 1. The van der Waals surface area contributed by atoms with Crippen molar-refractivity contribution in [3.05, 3.63) is 34.2 Å². The Balaban J connectivity index is 2.83. The maximum atomic E-state index is 9.08. The molecule has 0 bridgehead atoms. The van der Waals surface area contributed by atoms with Crippen molar-refractivity contribution in [1.29, 1.82) is 5.26 Å². The van der Waals surface area contributed by atoms with Crippen molar-refractivity contribution in [2.75, 3.05) is 0 Å². The number of aryl methyl sites for hydroxylation is 2. The van der Waals surface area contributed by atoms with E-state index >= 15 is 0 Å². The SMILES string of the molecule is CCc1sc2ccc(C)cc2c1C#N. The zero-order chi connectivity index (χ0) is 10.1. The summed E-state index contributed by atoms with van der Waals surface area (Å²) in [4.78, 5) is 1.20. The van der Waals surface area contributed by atoms with Gasteiger partial charge in [0.05, 0.1) is 5.56 Å². The highest BCUT2D eigenvalue weighted by molar-refractivity contribution is 7.19. The molecule has 0 radical (unpaired) electrons. The predicted molar refractivity (Wildman–Crippen MR) is 60.7 cm³/mol. The maximum Gasteiger partial charge on any atom is 0.101 e. The van der Waals surface area contributed by atoms with Crippen molar-refractivity contribution < 1.29 is 0 Å². The van der Waals surface area contributed by atoms with Crippen molar-refractivity contribution in [3.63, 3.8) is 0 Å². The second-order valence-electron chi connectivity index (χ2n) is 3.37. The summed E-state index contributed by atoms with van der Waals surface area (Å²) >= 11 is 1.73. The topological polar surface area (TPSA) is 23.8 Å². The molecular formula is C12H11NS. The Labute approximate surface area is 87.6 Å². The number of rotatable bonds is 1. The van der Waals surface area contributed by atoms with E-state index in [1.54, 1.807) is 11.3 Å². The zero-order valence-electron chi connectivity index (χ0n) is 8.29. The summed E-state index contributed by atoms with van der Waals surface area (Å²) in [6, 6.07) is 8.61. The Morgan fingerprint density at radius 2 is 2.21 bits per heavy atom. The Morgan fingerprint density at radius 3 is 2.86 bits per heavy atom. The monoisotopic (exact) mass is 201 g/mol. The molecule has 1 heterocycles. The van der Waals surface area contributed by atoms with Gasteiger partial charge in [0.1, 0.15) is 6.07 Å². The average molecular weight is 201 g/mol. The van der Waals surface area contributed by atoms with E-state index in [1.807, 2.05) is 0 Å². The largest absolute Gasteiger partial charge is 0.192 e. The van der Waals surface area contributed by atoms with Crippen molar-refractivity contribution in [2.24, 2.45) is 0 Å². The molecule has 1 aromatic heterocycles. The second-order valence-corrected chi connectivity index (χ2v) is 4.50. The van der Waals surface area contributed by atoms with Crippen LogP contribution in [-0.2, 0) is 6.42 Å². The van der Waals surface area contributed by atoms with Gasteiger partial charge in [-0.2, -0.15) is 5.26 Å². The number of benzene rings is 1. The van der Waals surface area contributed by atoms with Crippen LogP contribution in [0.25, 0.3) is 10.1 Å². The van der Waals surface area contributed by atoms with Crippen LogP contribution in [0.3, 0.4) is 0 Å². The van der Waals surface area contributed by atoms with Crippen LogP contribution in [0.5, 0.6) is 0 Å². The summed E-state index contributed by atoms with van der Waals surface area (Å²) in [5, 5.41) is 10.2. The van der Waals surface area contributed by atoms with Crippen LogP contribution < -0.4 is 0 Å². The van der Waals surface area contributed by atoms with Gasteiger partial charge in [-0.25, -0.2) is 0 Å². The van der Waals surface area contributed by atoms with Gasteiger partial charge in [0, 0.05) is 15.0 Å². The molecule has 0 fully saturated rings. The Hall–Kier alpha value is -1.33. The fraction of sp³-hybridized carbons (Fsp3) is 0.250. The van der Waals surface area contributed by atoms with Gasteiger partial charge in [0.25, 0.3) is 0 Å². The van der Waals surface area contributed by atoms with Crippen LogP contribution in [0.15, 0.2) is 18.2 Å². The first-order valence-corrected chi connectivity index (χ1v) is 5.50. The molecule has 0 aliphatic heterocycles. The van der Waals surface area contributed by atoms with Crippen LogP contribution >= 0.6 is 11.3 Å². The standard InChI is InChI=1S/C12H11NS/c1-3-11-10(7-13)9-6-8(2)4-5-12(9)14-11/h4-6H,3H2,1-2H3. The van der Waals surface area contributed by atoms with E-state index in [1.165, 1.54) is 15.1 Å². The van der Waals surface area contributed by atoms with Gasteiger partial charge in [0.15, 0.2) is 0 Å². The average Bonchev–Trinajstić information content (AvgIpc) is 2.54. The summed E-state index contributed by atoms with van der Waals surface area (Å²) in [7, 11) is 0. The number of nitriles is 1. The normalized spacial score (nSPS) is 10.4. The molecule has 2 heteroatoms. The minimum atomic E-state index is 0.871. The number of hydrogen-bond donors (Lipinski definition) is 0. The van der Waals surface area contributed by atoms with E-state index < -0.39 is 0 Å². The van der Waals surface area contributed by atoms with Crippen molar-refractivity contribution >= 4 is 21.4 Å². The third kappa shape index (κ3) is 1.30. The molecule has 0 amide bonds. The lowest BCUT2D eigenvalue weighted by Gasteiger charge is -1.92. The molecule has 0 saturated carbocycles. The fourth-order valence-electron chi connectivity index (χ4n) is 1.63. The molecule has 0 aliphatic carbocycles. The highest BCUT2D eigenvalue weighted by Crippen LogP contribution is 2.31. The van der Waals surface area contributed by atoms with Gasteiger partial charge in [-0.1, -0.05) is 18.6 Å². The third-order valence-corrected chi connectivity index (χ3v) is 3.66. The second kappa shape index (κ2) is 3.43. The third-order valence-electron chi connectivity index (χ3n) is 2.35. The van der Waals surface area contributed by atoms with Crippen LogP contribution in [0.2, 0.25) is 0 Å². The Bertz CT molecular complexity index is 517. The van der Waals surface area contributed by atoms with Gasteiger partial charge in [-0.3, -0.25) is 0 Å². The van der Waals surface area contributed by atoms with Gasteiger partial charge in [-0.15, -0.1) is 11.3 Å². The van der Waals surface area contributed by atoms with Gasteiger partial charge in [0.2, 0.25) is 0 Å². The highest BCUT2D eigenvalue weighted by atomic mass is 32.1. The molecule has 2 rings (SSSR count). The summed E-state index contributed by atoms with van der Waals surface area (Å²) < 4.78 is 1.23. The quantitative estimate of drug-likeness (QED) is 0.691. The van der Waals surface area contributed by atoms with E-state index in [0.717, 1.165) is 17.4 Å². The first kappa shape index (κ1) is 9.23. The molecular weight excluding hydrogens is 190 g/mol. The first-order valence-electron chi connectivity index (χ1n) is 4.68. The maximum absolute atomic E-state index is 9.08. The predicted octanol–water partition coefficient (Wildman–Crippen LogP) is 3.64. The smallest absolute Gasteiger partial charge is 0.101 e. The molecule has 0 aliphatic rings.